The maximum Gasteiger partial charge on any atom is 0.295 e. The van der Waals surface area contributed by atoms with Gasteiger partial charge in [-0.2, -0.15) is 0 Å². The minimum Gasteiger partial charge on any atom is -0.507 e. The van der Waals surface area contributed by atoms with E-state index in [9.17, 15) is 14.7 Å². The smallest absolute Gasteiger partial charge is 0.295 e. The summed E-state index contributed by atoms with van der Waals surface area (Å²) in [4.78, 5) is 30.2. The van der Waals surface area contributed by atoms with E-state index in [-0.39, 0.29) is 11.3 Å². The minimum absolute atomic E-state index is 0.0706. The number of Topliss-reactive ketones (excluding diaryl/α,β-unsaturated/α-hetero) is 1. The molecule has 1 fully saturated rings. The van der Waals surface area contributed by atoms with Gasteiger partial charge in [-0.3, -0.25) is 9.59 Å². The molecule has 7 nitrogen and oxygen atoms in total. The largest absolute Gasteiger partial charge is 0.507 e. The van der Waals surface area contributed by atoms with Crippen LogP contribution in [0.1, 0.15) is 43.5 Å². The molecule has 0 unspecified atom stereocenters. The fourth-order valence-electron chi connectivity index (χ4n) is 4.40. The zero-order valence-corrected chi connectivity index (χ0v) is 20.6. The maximum absolute atomic E-state index is 13.3. The van der Waals surface area contributed by atoms with Crippen LogP contribution in [0.25, 0.3) is 5.76 Å². The van der Waals surface area contributed by atoms with Gasteiger partial charge in [0.1, 0.15) is 17.3 Å². The van der Waals surface area contributed by atoms with E-state index >= 15 is 0 Å². The van der Waals surface area contributed by atoms with Gasteiger partial charge in [0.05, 0.1) is 25.3 Å². The van der Waals surface area contributed by atoms with Gasteiger partial charge in [0.2, 0.25) is 0 Å². The lowest BCUT2D eigenvalue weighted by molar-refractivity contribution is -0.140. The first-order valence-corrected chi connectivity index (χ1v) is 11.7. The third-order valence-corrected chi connectivity index (χ3v) is 6.27. The molecule has 2 aromatic rings. The Labute approximate surface area is 201 Å². The van der Waals surface area contributed by atoms with Crippen LogP contribution in [-0.2, 0) is 9.59 Å². The molecule has 1 aliphatic heterocycles. The first-order valence-electron chi connectivity index (χ1n) is 11.7. The van der Waals surface area contributed by atoms with Crippen molar-refractivity contribution in [1.29, 1.82) is 0 Å². The van der Waals surface area contributed by atoms with Crippen molar-refractivity contribution in [3.05, 3.63) is 64.7 Å². The van der Waals surface area contributed by atoms with Crippen molar-refractivity contribution in [3.63, 3.8) is 0 Å². The Bertz CT molecular complexity index is 1070. The summed E-state index contributed by atoms with van der Waals surface area (Å²) in [6.45, 7) is 11.0. The fourth-order valence-corrected chi connectivity index (χ4v) is 4.40. The number of hydrogen-bond donors (Lipinski definition) is 1. The number of methoxy groups -OCH3 is 1. The number of aliphatic hydroxyl groups is 1. The molecule has 0 saturated carbocycles. The van der Waals surface area contributed by atoms with Crippen molar-refractivity contribution >= 4 is 17.4 Å². The molecule has 1 amide bonds. The van der Waals surface area contributed by atoms with Crippen LogP contribution in [0.2, 0.25) is 0 Å². The Morgan fingerprint density at radius 2 is 1.76 bits per heavy atom. The van der Waals surface area contributed by atoms with Gasteiger partial charge in [-0.05, 0) is 56.8 Å². The van der Waals surface area contributed by atoms with Gasteiger partial charge >= 0.3 is 0 Å². The first-order chi connectivity index (χ1) is 16.4. The number of ether oxygens (including phenoxy) is 2. The number of carbonyl (C=O) groups excluding carboxylic acids is 2. The monoisotopic (exact) mass is 466 g/mol. The molecule has 1 saturated heterocycles. The summed E-state index contributed by atoms with van der Waals surface area (Å²) in [6, 6.07) is 11.8. The molecule has 182 valence electrons. The zero-order chi connectivity index (χ0) is 24.8. The van der Waals surface area contributed by atoms with E-state index in [0.29, 0.717) is 42.3 Å². The molecule has 1 N–H and O–H groups in total. The third kappa shape index (κ3) is 4.94. The van der Waals surface area contributed by atoms with Crippen LogP contribution in [0.4, 0.5) is 0 Å². The summed E-state index contributed by atoms with van der Waals surface area (Å²) in [5.41, 5.74) is 2.02. The molecule has 0 radical (unpaired) electrons. The van der Waals surface area contributed by atoms with Crippen molar-refractivity contribution in [2.75, 3.05) is 39.9 Å². The lowest BCUT2D eigenvalue weighted by Crippen LogP contribution is -2.38. The number of likely N-dealkylation sites (tertiary alicyclic amines) is 1. The highest BCUT2D eigenvalue weighted by atomic mass is 16.5. The highest BCUT2D eigenvalue weighted by molar-refractivity contribution is 6.46. The van der Waals surface area contributed by atoms with Crippen LogP contribution in [0, 0.1) is 6.92 Å². The maximum atomic E-state index is 13.3. The molecule has 0 aromatic heterocycles. The van der Waals surface area contributed by atoms with E-state index in [1.807, 2.05) is 38.1 Å². The van der Waals surface area contributed by atoms with Crippen molar-refractivity contribution in [2.24, 2.45) is 0 Å². The minimum atomic E-state index is -0.749. The average Bonchev–Trinajstić information content (AvgIpc) is 3.09. The number of nitrogens with zero attached hydrogens (tertiary/aromatic N) is 2. The number of para-hydroxylation sites is 1. The molecule has 1 heterocycles. The van der Waals surface area contributed by atoms with Crippen LogP contribution in [0.3, 0.4) is 0 Å². The Balaban J connectivity index is 2.16. The summed E-state index contributed by atoms with van der Waals surface area (Å²) in [7, 11) is 1.58. The van der Waals surface area contributed by atoms with Gasteiger partial charge in [-0.1, -0.05) is 32.0 Å². The topological polar surface area (TPSA) is 79.3 Å². The second kappa shape index (κ2) is 11.2. The average molecular weight is 467 g/mol. The number of amides is 1. The van der Waals surface area contributed by atoms with Crippen LogP contribution in [-0.4, -0.2) is 66.5 Å². The number of likely N-dealkylation sites (N-methyl/N-ethyl adjacent to an activating group) is 1. The zero-order valence-electron chi connectivity index (χ0n) is 20.6. The highest BCUT2D eigenvalue weighted by Crippen LogP contribution is 2.42. The predicted molar refractivity (Wildman–Crippen MR) is 132 cm³/mol. The van der Waals surface area contributed by atoms with Gasteiger partial charge in [0.15, 0.2) is 0 Å². The molecule has 0 bridgehead atoms. The lowest BCUT2D eigenvalue weighted by Gasteiger charge is -2.29. The Morgan fingerprint density at radius 3 is 2.38 bits per heavy atom. The van der Waals surface area contributed by atoms with E-state index in [1.165, 1.54) is 0 Å². The van der Waals surface area contributed by atoms with Gasteiger partial charge in [-0.25, -0.2) is 0 Å². The number of carbonyl (C=O) groups is 2. The number of aliphatic hydroxyl groups excluding tert-OH is 1. The van der Waals surface area contributed by atoms with E-state index in [0.717, 1.165) is 18.7 Å². The molecule has 1 aliphatic rings. The Kier molecular flexibility index (Phi) is 8.34. The molecule has 0 spiro atoms. The molecular formula is C27H34N2O5. The predicted octanol–water partition coefficient (Wildman–Crippen LogP) is 4.17. The normalized spacial score (nSPS) is 17.5. The number of ketones is 1. The molecule has 2 aromatic carbocycles. The summed E-state index contributed by atoms with van der Waals surface area (Å²) < 4.78 is 11.2. The van der Waals surface area contributed by atoms with Crippen LogP contribution in [0.5, 0.6) is 11.5 Å². The Hall–Kier alpha value is -3.32. The number of hydrogen-bond acceptors (Lipinski definition) is 6. The van der Waals surface area contributed by atoms with E-state index < -0.39 is 17.7 Å². The quantitative estimate of drug-likeness (QED) is 0.322. The SMILES string of the molecule is CCOc1ccccc1[C@@H]1C(=C(O)c2ccc(OC)c(C)c2)C(=O)C(=O)N1CCN(CC)CC. The standard InChI is InChI=1S/C27H34N2O5/c1-6-28(7-2)15-16-29-24(20-11-9-10-12-22(20)34-8-3)23(26(31)27(29)32)25(30)19-13-14-21(33-5)18(4)17-19/h9-14,17,24,30H,6-8,15-16H2,1-5H3/t24-/m1/s1. The van der Waals surface area contributed by atoms with Crippen LogP contribution < -0.4 is 9.47 Å². The van der Waals surface area contributed by atoms with E-state index in [2.05, 4.69) is 18.7 Å². The van der Waals surface area contributed by atoms with Crippen molar-refractivity contribution in [2.45, 2.75) is 33.7 Å². The molecule has 0 aliphatic carbocycles. The third-order valence-electron chi connectivity index (χ3n) is 6.27. The van der Waals surface area contributed by atoms with Crippen LogP contribution >= 0.6 is 0 Å². The van der Waals surface area contributed by atoms with Gasteiger partial charge < -0.3 is 24.4 Å². The second-order valence-corrected chi connectivity index (χ2v) is 8.17. The highest BCUT2D eigenvalue weighted by Gasteiger charge is 2.47. The summed E-state index contributed by atoms with van der Waals surface area (Å²) in [6.07, 6.45) is 0. The molecule has 3 rings (SSSR count). The first kappa shape index (κ1) is 25.3. The lowest BCUT2D eigenvalue weighted by atomic mass is 9.94. The second-order valence-electron chi connectivity index (χ2n) is 8.17. The number of rotatable bonds is 10. The summed E-state index contributed by atoms with van der Waals surface area (Å²) in [5.74, 6) is -0.251. The summed E-state index contributed by atoms with van der Waals surface area (Å²) in [5, 5.41) is 11.3. The van der Waals surface area contributed by atoms with Gasteiger partial charge in [-0.15, -0.1) is 0 Å². The van der Waals surface area contributed by atoms with Crippen molar-refractivity contribution < 1.29 is 24.2 Å². The van der Waals surface area contributed by atoms with Gasteiger partial charge in [0, 0.05) is 24.2 Å². The van der Waals surface area contributed by atoms with E-state index in [4.69, 9.17) is 9.47 Å². The van der Waals surface area contributed by atoms with Crippen molar-refractivity contribution in [3.8, 4) is 11.5 Å². The van der Waals surface area contributed by atoms with Gasteiger partial charge in [0.25, 0.3) is 11.7 Å². The molecular weight excluding hydrogens is 432 g/mol. The number of benzene rings is 2. The summed E-state index contributed by atoms with van der Waals surface area (Å²) >= 11 is 0. The number of aryl methyl sites for hydroxylation is 1. The van der Waals surface area contributed by atoms with Crippen LogP contribution in [0.15, 0.2) is 48.0 Å². The fraction of sp³-hybridized carbons (Fsp3) is 0.407. The Morgan fingerprint density at radius 1 is 1.06 bits per heavy atom. The van der Waals surface area contributed by atoms with Crippen molar-refractivity contribution in [1.82, 2.24) is 9.80 Å². The molecule has 7 heteroatoms. The molecule has 34 heavy (non-hydrogen) atoms. The van der Waals surface area contributed by atoms with E-state index in [1.54, 1.807) is 30.2 Å². The molecule has 1 atom stereocenters.